The predicted octanol–water partition coefficient (Wildman–Crippen LogP) is 2.02. The normalized spacial score (nSPS) is 9.79. The van der Waals surface area contributed by atoms with Crippen LogP contribution < -0.4 is 0 Å². The molecule has 0 fully saturated rings. The molecule has 0 atom stereocenters. The Morgan fingerprint density at radius 1 is 1.14 bits per heavy atom. The maximum absolute atomic E-state index is 10.7. The van der Waals surface area contributed by atoms with E-state index >= 15 is 0 Å². The molecule has 0 aliphatic carbocycles. The lowest BCUT2D eigenvalue weighted by molar-refractivity contribution is 0.0651. The number of aromatic carboxylic acids is 2. The summed E-state index contributed by atoms with van der Waals surface area (Å²) in [6.45, 7) is 0. The van der Waals surface area contributed by atoms with Crippen LogP contribution in [0.1, 0.15) is 20.7 Å². The molecule has 0 heterocycles. The van der Waals surface area contributed by atoms with Crippen molar-refractivity contribution in [3.63, 3.8) is 0 Å². The Morgan fingerprint density at radius 2 is 1.71 bits per heavy atom. The van der Waals surface area contributed by atoms with E-state index in [0.29, 0.717) is 4.90 Å². The first-order chi connectivity index (χ1) is 6.56. The van der Waals surface area contributed by atoms with Crippen molar-refractivity contribution < 1.29 is 19.8 Å². The number of carbonyl (C=O) groups is 2. The van der Waals surface area contributed by atoms with Crippen LogP contribution in [0.5, 0.6) is 0 Å². The lowest BCUT2D eigenvalue weighted by Crippen LogP contribution is -2.07. The van der Waals surface area contributed by atoms with E-state index in [1.165, 1.54) is 18.2 Å². The molecule has 0 saturated heterocycles. The number of hydrogen-bond donors (Lipinski definition) is 3. The zero-order valence-corrected chi connectivity index (χ0v) is 8.51. The molecular formula is C8H6O4S2. The van der Waals surface area contributed by atoms with E-state index < -0.39 is 11.9 Å². The van der Waals surface area contributed by atoms with Gasteiger partial charge in [0, 0.05) is 4.90 Å². The molecule has 0 amide bonds. The minimum atomic E-state index is -1.26. The Kier molecular flexibility index (Phi) is 3.43. The largest absolute Gasteiger partial charge is 0.478 e. The number of carboxylic acids is 2. The van der Waals surface area contributed by atoms with Crippen LogP contribution in [-0.4, -0.2) is 22.2 Å². The summed E-state index contributed by atoms with van der Waals surface area (Å²) < 4.78 is 0. The standard InChI is InChI=1S/C8H6O4S2/c9-7(10)5-2-1-4(14-13)3-6(5)8(11)12/h1-3,13H,(H,9,10)(H,11,12). The predicted molar refractivity (Wildman–Crippen MR) is 55.2 cm³/mol. The Morgan fingerprint density at radius 3 is 2.14 bits per heavy atom. The van der Waals surface area contributed by atoms with E-state index in [-0.39, 0.29) is 11.1 Å². The molecule has 0 aliphatic rings. The zero-order chi connectivity index (χ0) is 10.7. The summed E-state index contributed by atoms with van der Waals surface area (Å²) in [6, 6.07) is 4.04. The molecule has 0 aromatic heterocycles. The number of thiol groups is 1. The van der Waals surface area contributed by atoms with Crippen LogP contribution in [0.3, 0.4) is 0 Å². The van der Waals surface area contributed by atoms with Gasteiger partial charge in [-0.15, -0.1) is 11.7 Å². The first kappa shape index (κ1) is 10.9. The van der Waals surface area contributed by atoms with Crippen LogP contribution in [0.15, 0.2) is 23.1 Å². The van der Waals surface area contributed by atoms with Crippen LogP contribution in [0.2, 0.25) is 0 Å². The van der Waals surface area contributed by atoms with Gasteiger partial charge in [0.2, 0.25) is 0 Å². The highest BCUT2D eigenvalue weighted by Gasteiger charge is 2.15. The van der Waals surface area contributed by atoms with Crippen molar-refractivity contribution in [1.29, 1.82) is 0 Å². The summed E-state index contributed by atoms with van der Waals surface area (Å²) in [5.41, 5.74) is -0.444. The van der Waals surface area contributed by atoms with E-state index in [9.17, 15) is 9.59 Å². The molecule has 14 heavy (non-hydrogen) atoms. The number of hydrogen-bond acceptors (Lipinski definition) is 4. The average Bonchev–Trinajstić information content (AvgIpc) is 2.16. The lowest BCUT2D eigenvalue weighted by atomic mass is 10.1. The van der Waals surface area contributed by atoms with Crippen LogP contribution in [0.4, 0.5) is 0 Å². The third-order valence-corrected chi connectivity index (χ3v) is 2.65. The summed E-state index contributed by atoms with van der Waals surface area (Å²) in [5, 5.41) is 17.4. The Labute approximate surface area is 88.8 Å². The first-order valence-corrected chi connectivity index (χ1v) is 5.35. The van der Waals surface area contributed by atoms with E-state index in [1.807, 2.05) is 0 Å². The molecule has 0 saturated carbocycles. The van der Waals surface area contributed by atoms with E-state index in [4.69, 9.17) is 10.2 Å². The second-order valence-corrected chi connectivity index (χ2v) is 3.61. The SMILES string of the molecule is O=C(O)c1ccc(SS)cc1C(=O)O. The van der Waals surface area contributed by atoms with Crippen molar-refractivity contribution >= 4 is 34.4 Å². The molecule has 2 N–H and O–H groups in total. The fraction of sp³-hybridized carbons (Fsp3) is 0. The Hall–Kier alpha value is -1.14. The molecule has 74 valence electrons. The third-order valence-electron chi connectivity index (χ3n) is 1.56. The van der Waals surface area contributed by atoms with E-state index in [0.717, 1.165) is 10.8 Å². The van der Waals surface area contributed by atoms with Gasteiger partial charge >= 0.3 is 11.9 Å². The summed E-state index contributed by atoms with van der Waals surface area (Å²) in [6.07, 6.45) is 0. The highest BCUT2D eigenvalue weighted by Crippen LogP contribution is 2.24. The molecule has 1 aromatic rings. The summed E-state index contributed by atoms with van der Waals surface area (Å²) in [4.78, 5) is 21.9. The van der Waals surface area contributed by atoms with Crippen molar-refractivity contribution in [2.75, 3.05) is 0 Å². The molecule has 1 rings (SSSR count). The van der Waals surface area contributed by atoms with Crippen molar-refractivity contribution in [2.45, 2.75) is 4.90 Å². The first-order valence-electron chi connectivity index (χ1n) is 3.48. The van der Waals surface area contributed by atoms with Crippen molar-refractivity contribution in [3.8, 4) is 0 Å². The van der Waals surface area contributed by atoms with Crippen molar-refractivity contribution in [1.82, 2.24) is 0 Å². The van der Waals surface area contributed by atoms with Gasteiger partial charge in [0.05, 0.1) is 11.1 Å². The number of rotatable bonds is 3. The summed E-state index contributed by atoms with van der Waals surface area (Å²) in [5.74, 6) is -2.51. The smallest absolute Gasteiger partial charge is 0.336 e. The second kappa shape index (κ2) is 4.39. The van der Waals surface area contributed by atoms with E-state index in [1.54, 1.807) is 0 Å². The molecule has 0 aliphatic heterocycles. The Balaban J connectivity index is 3.31. The van der Waals surface area contributed by atoms with Gasteiger partial charge in [-0.05, 0) is 18.2 Å². The molecule has 4 nitrogen and oxygen atoms in total. The molecule has 0 unspecified atom stereocenters. The van der Waals surface area contributed by atoms with Gasteiger partial charge in [0.15, 0.2) is 0 Å². The fourth-order valence-corrected chi connectivity index (χ4v) is 1.58. The highest BCUT2D eigenvalue weighted by molar-refractivity contribution is 8.68. The van der Waals surface area contributed by atoms with Crippen LogP contribution in [0.25, 0.3) is 0 Å². The zero-order valence-electron chi connectivity index (χ0n) is 6.80. The maximum Gasteiger partial charge on any atom is 0.336 e. The van der Waals surface area contributed by atoms with E-state index in [2.05, 4.69) is 11.7 Å². The third kappa shape index (κ3) is 2.21. The minimum absolute atomic E-state index is 0.219. The quantitative estimate of drug-likeness (QED) is 0.547. The highest BCUT2D eigenvalue weighted by atomic mass is 33.1. The van der Waals surface area contributed by atoms with Crippen molar-refractivity contribution in [2.24, 2.45) is 0 Å². The number of carboxylic acid groups (broad SMARTS) is 2. The summed E-state index contributed by atoms with van der Waals surface area (Å²) >= 11 is 3.89. The van der Waals surface area contributed by atoms with Gasteiger partial charge in [0.1, 0.15) is 0 Å². The Bertz CT molecular complexity index is 389. The molecule has 0 radical (unpaired) electrons. The maximum atomic E-state index is 10.7. The van der Waals surface area contributed by atoms with Crippen LogP contribution >= 0.6 is 22.5 Å². The van der Waals surface area contributed by atoms with Gasteiger partial charge in [-0.2, -0.15) is 0 Å². The lowest BCUT2D eigenvalue weighted by Gasteiger charge is -2.02. The molecule has 6 heteroatoms. The van der Waals surface area contributed by atoms with Gasteiger partial charge in [0.25, 0.3) is 0 Å². The average molecular weight is 230 g/mol. The van der Waals surface area contributed by atoms with Crippen molar-refractivity contribution in [3.05, 3.63) is 29.3 Å². The van der Waals surface area contributed by atoms with Gasteiger partial charge < -0.3 is 10.2 Å². The van der Waals surface area contributed by atoms with Crippen LogP contribution in [0, 0.1) is 0 Å². The van der Waals surface area contributed by atoms with Crippen LogP contribution in [-0.2, 0) is 0 Å². The molecule has 1 aromatic carbocycles. The fourth-order valence-electron chi connectivity index (χ4n) is 0.944. The van der Waals surface area contributed by atoms with Gasteiger partial charge in [-0.1, -0.05) is 10.8 Å². The van der Waals surface area contributed by atoms with Gasteiger partial charge in [-0.25, -0.2) is 9.59 Å². The topological polar surface area (TPSA) is 74.6 Å². The molecule has 0 bridgehead atoms. The van der Waals surface area contributed by atoms with Gasteiger partial charge in [-0.3, -0.25) is 0 Å². The minimum Gasteiger partial charge on any atom is -0.478 e. The number of benzene rings is 1. The second-order valence-electron chi connectivity index (χ2n) is 2.41. The summed E-state index contributed by atoms with van der Waals surface area (Å²) in [7, 11) is 1.06. The molecule has 0 spiro atoms. The molecular weight excluding hydrogens is 224 g/mol. The monoisotopic (exact) mass is 230 g/mol.